The number of nitrogens with zero attached hydrogens (tertiary/aromatic N) is 4. The molecule has 0 unspecified atom stereocenters. The third-order valence-electron chi connectivity index (χ3n) is 4.56. The molecule has 0 aliphatic heterocycles. The molecule has 0 aliphatic carbocycles. The monoisotopic (exact) mass is 370 g/mol. The Kier molecular flexibility index (Phi) is 4.85. The van der Waals surface area contributed by atoms with E-state index in [9.17, 15) is 0 Å². The first-order valence-corrected chi connectivity index (χ1v) is 9.31. The fourth-order valence-corrected chi connectivity index (χ4v) is 3.08. The molecule has 0 radical (unpaired) electrons. The zero-order valence-corrected chi connectivity index (χ0v) is 16.2. The van der Waals surface area contributed by atoms with Gasteiger partial charge in [-0.25, -0.2) is 19.9 Å². The molecule has 0 spiro atoms. The largest absolute Gasteiger partial charge is 0.340 e. The van der Waals surface area contributed by atoms with Crippen LogP contribution in [0.3, 0.4) is 0 Å². The van der Waals surface area contributed by atoms with Crippen LogP contribution >= 0.6 is 0 Å². The lowest BCUT2D eigenvalue weighted by Crippen LogP contribution is -2.03. The summed E-state index contributed by atoms with van der Waals surface area (Å²) in [7, 11) is 0. The van der Waals surface area contributed by atoms with Gasteiger partial charge in [0.15, 0.2) is 5.82 Å². The first-order valence-electron chi connectivity index (χ1n) is 9.31. The molecule has 2 aromatic carbocycles. The molecule has 28 heavy (non-hydrogen) atoms. The maximum absolute atomic E-state index is 4.76. The van der Waals surface area contributed by atoms with Crippen LogP contribution in [-0.2, 0) is 6.42 Å². The minimum atomic E-state index is 0.767. The summed E-state index contributed by atoms with van der Waals surface area (Å²) in [5.41, 5.74) is 6.72. The molecular weight excluding hydrogens is 348 g/mol. The Labute approximate surface area is 164 Å². The summed E-state index contributed by atoms with van der Waals surface area (Å²) in [5, 5.41) is 6.81. The van der Waals surface area contributed by atoms with Crippen molar-refractivity contribution in [2.24, 2.45) is 0 Å². The van der Waals surface area contributed by atoms with Gasteiger partial charge in [0.2, 0.25) is 0 Å². The van der Waals surface area contributed by atoms with Crippen LogP contribution in [0.4, 0.5) is 23.0 Å². The van der Waals surface area contributed by atoms with Gasteiger partial charge in [-0.05, 0) is 50.1 Å². The molecule has 0 fully saturated rings. The molecule has 0 amide bonds. The van der Waals surface area contributed by atoms with Crippen molar-refractivity contribution in [2.45, 2.75) is 27.2 Å². The first kappa shape index (κ1) is 17.9. The second-order valence-electron chi connectivity index (χ2n) is 6.67. The van der Waals surface area contributed by atoms with E-state index in [4.69, 9.17) is 4.98 Å². The number of fused-ring (bicyclic) bond motifs is 1. The van der Waals surface area contributed by atoms with E-state index in [-0.39, 0.29) is 0 Å². The second-order valence-corrected chi connectivity index (χ2v) is 6.67. The molecule has 2 aromatic heterocycles. The van der Waals surface area contributed by atoms with Crippen LogP contribution in [0.2, 0.25) is 0 Å². The van der Waals surface area contributed by atoms with E-state index in [0.29, 0.717) is 0 Å². The van der Waals surface area contributed by atoms with Crippen molar-refractivity contribution in [1.29, 1.82) is 0 Å². The highest BCUT2D eigenvalue weighted by Crippen LogP contribution is 2.28. The smallest absolute Gasteiger partial charge is 0.152 e. The Morgan fingerprint density at radius 1 is 0.857 bits per heavy atom. The molecule has 2 heterocycles. The Hall–Kier alpha value is -3.54. The molecule has 0 saturated heterocycles. The van der Waals surface area contributed by atoms with Crippen molar-refractivity contribution in [1.82, 2.24) is 19.9 Å². The fourth-order valence-electron chi connectivity index (χ4n) is 3.08. The van der Waals surface area contributed by atoms with Gasteiger partial charge in [-0.3, -0.25) is 0 Å². The van der Waals surface area contributed by atoms with Gasteiger partial charge >= 0.3 is 0 Å². The number of aromatic nitrogens is 4. The molecule has 6 heteroatoms. The van der Waals surface area contributed by atoms with Gasteiger partial charge in [-0.1, -0.05) is 25.1 Å². The van der Waals surface area contributed by atoms with Crippen LogP contribution in [0.25, 0.3) is 11.0 Å². The van der Waals surface area contributed by atoms with Gasteiger partial charge in [-0.2, -0.15) is 0 Å². The Bertz CT molecular complexity index is 1140. The standard InChI is InChI=1S/C22H22N6/c1-4-16-9-10-17(26-21-11-14(2)23-13-24-21)12-20(16)28-22-15(3)25-18-7-5-6-8-19(18)27-22/h5-13H,4H2,1-3H3,(H,27,28)(H,23,24,26). The molecule has 4 rings (SSSR count). The minimum Gasteiger partial charge on any atom is -0.340 e. The van der Waals surface area contributed by atoms with Crippen molar-refractivity contribution in [2.75, 3.05) is 10.6 Å². The number of rotatable bonds is 5. The first-order chi connectivity index (χ1) is 13.6. The predicted molar refractivity (Wildman–Crippen MR) is 113 cm³/mol. The summed E-state index contributed by atoms with van der Waals surface area (Å²) in [5.74, 6) is 1.54. The van der Waals surface area contributed by atoms with E-state index in [2.05, 4.69) is 50.7 Å². The van der Waals surface area contributed by atoms with Gasteiger partial charge in [0, 0.05) is 23.1 Å². The van der Waals surface area contributed by atoms with Crippen LogP contribution in [0.1, 0.15) is 23.9 Å². The molecule has 4 aromatic rings. The Morgan fingerprint density at radius 3 is 2.39 bits per heavy atom. The van der Waals surface area contributed by atoms with Crippen LogP contribution in [0.15, 0.2) is 54.9 Å². The highest BCUT2D eigenvalue weighted by atomic mass is 15.0. The molecule has 0 saturated carbocycles. The minimum absolute atomic E-state index is 0.767. The lowest BCUT2D eigenvalue weighted by molar-refractivity contribution is 1.10. The van der Waals surface area contributed by atoms with Crippen molar-refractivity contribution in [3.63, 3.8) is 0 Å². The van der Waals surface area contributed by atoms with Crippen LogP contribution in [0.5, 0.6) is 0 Å². The zero-order valence-electron chi connectivity index (χ0n) is 16.2. The Balaban J connectivity index is 1.67. The SMILES string of the molecule is CCc1ccc(Nc2cc(C)ncn2)cc1Nc1nc2ccccc2nc1C. The van der Waals surface area contributed by atoms with Gasteiger partial charge in [0.05, 0.1) is 16.7 Å². The van der Waals surface area contributed by atoms with Crippen LogP contribution < -0.4 is 10.6 Å². The molecule has 6 nitrogen and oxygen atoms in total. The number of hydrogen-bond acceptors (Lipinski definition) is 6. The lowest BCUT2D eigenvalue weighted by Gasteiger charge is -2.15. The van der Waals surface area contributed by atoms with E-state index in [1.807, 2.05) is 44.2 Å². The van der Waals surface area contributed by atoms with E-state index in [1.165, 1.54) is 5.56 Å². The number of hydrogen-bond donors (Lipinski definition) is 2. The summed E-state index contributed by atoms with van der Waals surface area (Å²) in [6.45, 7) is 6.06. The topological polar surface area (TPSA) is 75.6 Å². The van der Waals surface area contributed by atoms with Gasteiger partial charge in [0.25, 0.3) is 0 Å². The molecule has 0 atom stereocenters. The average Bonchev–Trinajstić information content (AvgIpc) is 2.69. The van der Waals surface area contributed by atoms with Gasteiger partial charge < -0.3 is 10.6 Å². The molecular formula is C22H22N6. The van der Waals surface area contributed by atoms with E-state index >= 15 is 0 Å². The normalized spacial score (nSPS) is 10.8. The number of nitrogens with one attached hydrogen (secondary N) is 2. The lowest BCUT2D eigenvalue weighted by atomic mass is 10.1. The van der Waals surface area contributed by atoms with Crippen molar-refractivity contribution >= 4 is 34.0 Å². The summed E-state index contributed by atoms with van der Waals surface area (Å²) in [4.78, 5) is 17.8. The summed E-state index contributed by atoms with van der Waals surface area (Å²) >= 11 is 0. The molecule has 0 aliphatic rings. The van der Waals surface area contributed by atoms with Gasteiger partial charge in [-0.15, -0.1) is 0 Å². The third-order valence-corrected chi connectivity index (χ3v) is 4.56. The van der Waals surface area contributed by atoms with E-state index in [1.54, 1.807) is 6.33 Å². The zero-order chi connectivity index (χ0) is 19.5. The Morgan fingerprint density at radius 2 is 1.64 bits per heavy atom. The second kappa shape index (κ2) is 7.60. The summed E-state index contributed by atoms with van der Waals surface area (Å²) in [6.07, 6.45) is 2.47. The van der Waals surface area contributed by atoms with Crippen molar-refractivity contribution in [3.05, 3.63) is 71.8 Å². The number of benzene rings is 2. The fraction of sp³-hybridized carbons (Fsp3) is 0.182. The molecule has 2 N–H and O–H groups in total. The quantitative estimate of drug-likeness (QED) is 0.510. The molecule has 140 valence electrons. The van der Waals surface area contributed by atoms with E-state index < -0.39 is 0 Å². The maximum Gasteiger partial charge on any atom is 0.152 e. The van der Waals surface area contributed by atoms with Crippen LogP contribution in [0, 0.1) is 13.8 Å². The highest BCUT2D eigenvalue weighted by molar-refractivity contribution is 5.78. The average molecular weight is 370 g/mol. The number of para-hydroxylation sites is 2. The third kappa shape index (κ3) is 3.76. The van der Waals surface area contributed by atoms with Crippen molar-refractivity contribution < 1.29 is 0 Å². The highest BCUT2D eigenvalue weighted by Gasteiger charge is 2.09. The van der Waals surface area contributed by atoms with Crippen LogP contribution in [-0.4, -0.2) is 19.9 Å². The van der Waals surface area contributed by atoms with E-state index in [0.717, 1.165) is 51.9 Å². The van der Waals surface area contributed by atoms with Gasteiger partial charge in [0.1, 0.15) is 12.1 Å². The number of anilines is 4. The molecule has 0 bridgehead atoms. The summed E-state index contributed by atoms with van der Waals surface area (Å²) < 4.78 is 0. The van der Waals surface area contributed by atoms with Crippen molar-refractivity contribution in [3.8, 4) is 0 Å². The predicted octanol–water partition coefficient (Wildman–Crippen LogP) is 5.09. The number of aryl methyl sites for hydroxylation is 3. The maximum atomic E-state index is 4.76. The summed E-state index contributed by atoms with van der Waals surface area (Å²) in [6, 6.07) is 16.1.